The number of nitrogens with one attached hydrogen (secondary N) is 1. The number of carbonyl (C=O) groups is 1. The number of hydrogen-bond donors (Lipinski definition) is 1. The van der Waals surface area contributed by atoms with E-state index in [2.05, 4.69) is 27.1 Å². The zero-order valence-electron chi connectivity index (χ0n) is 13.2. The van der Waals surface area contributed by atoms with Gasteiger partial charge in [-0.25, -0.2) is 14.8 Å². The molecule has 1 aromatic carbocycles. The van der Waals surface area contributed by atoms with Crippen LogP contribution in [-0.2, 0) is 0 Å². The molecule has 2 amide bonds. The van der Waals surface area contributed by atoms with Crippen molar-refractivity contribution in [3.05, 3.63) is 54.0 Å². The van der Waals surface area contributed by atoms with Crippen molar-refractivity contribution in [2.75, 3.05) is 11.4 Å². The van der Waals surface area contributed by atoms with Crippen LogP contribution < -0.4 is 10.2 Å². The van der Waals surface area contributed by atoms with Crippen LogP contribution in [0.3, 0.4) is 0 Å². The molecule has 2 heterocycles. The third kappa shape index (κ3) is 3.67. The van der Waals surface area contributed by atoms with Gasteiger partial charge in [-0.05, 0) is 38.3 Å². The maximum absolute atomic E-state index is 12.1. The maximum atomic E-state index is 12.1. The molecule has 1 aromatic heterocycles. The first-order valence-corrected chi connectivity index (χ1v) is 7.52. The topological polar surface area (TPSA) is 58.1 Å². The molecule has 0 saturated carbocycles. The molecule has 0 spiro atoms. The quantitative estimate of drug-likeness (QED) is 0.824. The van der Waals surface area contributed by atoms with Crippen LogP contribution >= 0.6 is 0 Å². The van der Waals surface area contributed by atoms with Crippen LogP contribution in [0.15, 0.2) is 42.7 Å². The van der Waals surface area contributed by atoms with Crippen LogP contribution in [0.25, 0.3) is 0 Å². The fourth-order valence-corrected chi connectivity index (χ4v) is 2.31. The number of aromatic nitrogens is 2. The smallest absolute Gasteiger partial charge is 0.323 e. The van der Waals surface area contributed by atoms with Crippen molar-refractivity contribution < 1.29 is 4.79 Å². The summed E-state index contributed by atoms with van der Waals surface area (Å²) in [5, 5.41) is 2.96. The normalized spacial score (nSPS) is 16.3. The Morgan fingerprint density at radius 2 is 1.91 bits per heavy atom. The highest BCUT2D eigenvalue weighted by Gasteiger charge is 2.31. The molecule has 23 heavy (non-hydrogen) atoms. The van der Waals surface area contributed by atoms with E-state index in [0.29, 0.717) is 18.1 Å². The molecule has 3 rings (SSSR count). The molecule has 0 atom stereocenters. The molecule has 0 unspecified atom stereocenters. The van der Waals surface area contributed by atoms with Crippen LogP contribution in [0.2, 0.25) is 0 Å². The fourth-order valence-electron chi connectivity index (χ4n) is 2.31. The molecule has 116 valence electrons. The van der Waals surface area contributed by atoms with E-state index in [1.807, 2.05) is 44.2 Å². The molecule has 1 saturated heterocycles. The number of hydrogen-bond acceptors (Lipinski definition) is 3. The van der Waals surface area contributed by atoms with Gasteiger partial charge in [-0.15, -0.1) is 0 Å². The number of nitrogens with zero attached hydrogens (tertiary/aromatic N) is 3. The third-order valence-corrected chi connectivity index (χ3v) is 3.67. The first-order chi connectivity index (χ1) is 11.0. The van der Waals surface area contributed by atoms with Gasteiger partial charge in [0.1, 0.15) is 5.69 Å². The third-order valence-electron chi connectivity index (χ3n) is 3.67. The Morgan fingerprint density at radius 3 is 2.57 bits per heavy atom. The average Bonchev–Trinajstić information content (AvgIpc) is 2.54. The Bertz CT molecular complexity index is 757. The van der Waals surface area contributed by atoms with Gasteiger partial charge in [0, 0.05) is 17.6 Å². The van der Waals surface area contributed by atoms with Gasteiger partial charge < -0.3 is 5.32 Å². The second-order valence-corrected chi connectivity index (χ2v) is 6.09. The minimum absolute atomic E-state index is 0.140. The summed E-state index contributed by atoms with van der Waals surface area (Å²) in [6, 6.07) is 9.57. The molecule has 0 bridgehead atoms. The van der Waals surface area contributed by atoms with E-state index >= 15 is 0 Å². The van der Waals surface area contributed by atoms with Gasteiger partial charge in [-0.1, -0.05) is 24.1 Å². The van der Waals surface area contributed by atoms with Crippen molar-refractivity contribution in [1.29, 1.82) is 0 Å². The number of amides is 2. The molecule has 2 aromatic rings. The largest absolute Gasteiger partial charge is 0.333 e. The average molecular weight is 306 g/mol. The van der Waals surface area contributed by atoms with Gasteiger partial charge in [-0.2, -0.15) is 0 Å². The lowest BCUT2D eigenvalue weighted by Gasteiger charge is -2.37. The number of urea groups is 1. The Balaban J connectivity index is 1.73. The van der Waals surface area contributed by atoms with Crippen molar-refractivity contribution in [3.8, 4) is 11.8 Å². The van der Waals surface area contributed by atoms with E-state index in [-0.39, 0.29) is 11.6 Å². The van der Waals surface area contributed by atoms with E-state index in [1.165, 1.54) is 0 Å². The summed E-state index contributed by atoms with van der Waals surface area (Å²) in [4.78, 5) is 22.3. The molecule has 1 aliphatic rings. The van der Waals surface area contributed by atoms with E-state index in [4.69, 9.17) is 0 Å². The van der Waals surface area contributed by atoms with Crippen molar-refractivity contribution in [1.82, 2.24) is 15.3 Å². The Kier molecular flexibility index (Phi) is 3.98. The molecule has 0 aliphatic carbocycles. The zero-order chi connectivity index (χ0) is 16.3. The molecule has 0 radical (unpaired) electrons. The lowest BCUT2D eigenvalue weighted by molar-refractivity contribution is 0.224. The van der Waals surface area contributed by atoms with Crippen molar-refractivity contribution in [2.45, 2.75) is 25.8 Å². The summed E-state index contributed by atoms with van der Waals surface area (Å²) in [7, 11) is 0. The summed E-state index contributed by atoms with van der Waals surface area (Å²) in [6.07, 6.45) is 4.04. The fraction of sp³-hybridized carbons (Fsp3) is 0.278. The highest BCUT2D eigenvalue weighted by atomic mass is 16.2. The molecular weight excluding hydrogens is 288 g/mol. The summed E-state index contributed by atoms with van der Waals surface area (Å²) in [5.41, 5.74) is 1.33. The molecule has 1 N–H and O–H groups in total. The number of anilines is 1. The molecule has 5 heteroatoms. The predicted molar refractivity (Wildman–Crippen MR) is 89.0 cm³/mol. The first kappa shape index (κ1) is 15.0. The van der Waals surface area contributed by atoms with Crippen LogP contribution in [0, 0.1) is 11.8 Å². The van der Waals surface area contributed by atoms with Gasteiger partial charge in [0.2, 0.25) is 0 Å². The van der Waals surface area contributed by atoms with Gasteiger partial charge in [-0.3, -0.25) is 4.90 Å². The van der Waals surface area contributed by atoms with Crippen LogP contribution in [0.1, 0.15) is 31.5 Å². The number of rotatable bonds is 1. The summed E-state index contributed by atoms with van der Waals surface area (Å²) < 4.78 is 0. The predicted octanol–water partition coefficient (Wildman–Crippen LogP) is 2.57. The molecule has 1 fully saturated rings. The minimum atomic E-state index is -0.178. The molecular formula is C18H18N4O. The maximum Gasteiger partial charge on any atom is 0.323 e. The standard InChI is InChI=1S/C18H18N4O/c1-18(2)10-11-22(17(23)21-18)16-13-19-15(12-20-16)9-8-14-6-4-3-5-7-14/h3-7,12-13H,10-11H2,1-2H3,(H,21,23). The monoisotopic (exact) mass is 306 g/mol. The van der Waals surface area contributed by atoms with Crippen molar-refractivity contribution in [2.24, 2.45) is 0 Å². The Morgan fingerprint density at radius 1 is 1.13 bits per heavy atom. The first-order valence-electron chi connectivity index (χ1n) is 7.52. The SMILES string of the molecule is CC1(C)CCN(c2cnc(C#Cc3ccccc3)cn2)C(=O)N1. The van der Waals surface area contributed by atoms with E-state index in [9.17, 15) is 4.79 Å². The second kappa shape index (κ2) is 6.09. The lowest BCUT2D eigenvalue weighted by Crippen LogP contribution is -2.57. The minimum Gasteiger partial charge on any atom is -0.333 e. The second-order valence-electron chi connectivity index (χ2n) is 6.09. The van der Waals surface area contributed by atoms with Crippen molar-refractivity contribution >= 4 is 11.8 Å². The number of benzene rings is 1. The van der Waals surface area contributed by atoms with Crippen molar-refractivity contribution in [3.63, 3.8) is 0 Å². The highest BCUT2D eigenvalue weighted by Crippen LogP contribution is 2.20. The summed E-state index contributed by atoms with van der Waals surface area (Å²) in [5.74, 6) is 6.55. The van der Waals surface area contributed by atoms with Gasteiger partial charge in [0.15, 0.2) is 5.82 Å². The number of carbonyl (C=O) groups excluding carboxylic acids is 1. The van der Waals surface area contributed by atoms with Crippen LogP contribution in [-0.4, -0.2) is 28.1 Å². The van der Waals surface area contributed by atoms with Gasteiger partial charge in [0.25, 0.3) is 0 Å². The zero-order valence-corrected chi connectivity index (χ0v) is 13.2. The lowest BCUT2D eigenvalue weighted by atomic mass is 9.98. The van der Waals surface area contributed by atoms with E-state index < -0.39 is 0 Å². The Labute approximate surface area is 135 Å². The molecule has 5 nitrogen and oxygen atoms in total. The van der Waals surface area contributed by atoms with Crippen LogP contribution in [0.4, 0.5) is 10.6 Å². The van der Waals surface area contributed by atoms with E-state index in [1.54, 1.807) is 17.3 Å². The summed E-state index contributed by atoms with van der Waals surface area (Å²) in [6.45, 7) is 4.65. The van der Waals surface area contributed by atoms with E-state index in [0.717, 1.165) is 12.0 Å². The van der Waals surface area contributed by atoms with Gasteiger partial charge in [0.05, 0.1) is 12.4 Å². The molecule has 1 aliphatic heterocycles. The summed E-state index contributed by atoms with van der Waals surface area (Å²) >= 11 is 0. The van der Waals surface area contributed by atoms with Crippen LogP contribution in [0.5, 0.6) is 0 Å². The Hall–Kier alpha value is -2.87. The van der Waals surface area contributed by atoms with Gasteiger partial charge >= 0.3 is 6.03 Å². The highest BCUT2D eigenvalue weighted by molar-refractivity contribution is 5.92.